The van der Waals surface area contributed by atoms with Gasteiger partial charge >= 0.3 is 6.18 Å². The molecule has 596 valence electrons. The molecule has 10 heterocycles. The molecule has 1 aliphatic rings. The van der Waals surface area contributed by atoms with E-state index in [2.05, 4.69) is 327 Å². The molecular formula is C113H70F3N7OS2. The van der Waals surface area contributed by atoms with E-state index in [0.717, 1.165) is 160 Å². The Morgan fingerprint density at radius 3 is 1.46 bits per heavy atom. The molecular weight excluding hydrogens is 1590 g/mol. The van der Waals surface area contributed by atoms with Crippen molar-refractivity contribution in [1.29, 1.82) is 0 Å². The molecule has 13 heteroatoms. The molecule has 10 aromatic heterocycles. The first-order chi connectivity index (χ1) is 62.1. The first kappa shape index (κ1) is 74.1. The van der Waals surface area contributed by atoms with Crippen molar-refractivity contribution in [3.63, 3.8) is 0 Å². The number of allylic oxidation sites excluding steroid dienone is 1. The van der Waals surface area contributed by atoms with Gasteiger partial charge in [-0.25, -0.2) is 4.98 Å². The lowest BCUT2D eigenvalue weighted by Gasteiger charge is -2.10. The highest BCUT2D eigenvalue weighted by Gasteiger charge is 2.32. The molecule has 0 aliphatic heterocycles. The molecule has 8 nitrogen and oxygen atoms in total. The Morgan fingerprint density at radius 1 is 0.302 bits per heavy atom. The number of aromatic nitrogens is 7. The van der Waals surface area contributed by atoms with E-state index < -0.39 is 11.7 Å². The summed E-state index contributed by atoms with van der Waals surface area (Å²) in [5.74, 6) is 0. The Hall–Kier alpha value is -15.8. The number of hydrogen-bond donors (Lipinski definition) is 0. The minimum Gasteiger partial charge on any atom is -0.455 e. The van der Waals surface area contributed by atoms with Crippen LogP contribution in [0.3, 0.4) is 0 Å². The minimum absolute atomic E-state index is 0.626. The van der Waals surface area contributed by atoms with E-state index in [0.29, 0.717) is 5.39 Å². The van der Waals surface area contributed by atoms with Gasteiger partial charge in [-0.2, -0.15) is 13.2 Å². The molecule has 0 unspecified atom stereocenters. The van der Waals surface area contributed by atoms with E-state index in [1.165, 1.54) is 93.4 Å². The summed E-state index contributed by atoms with van der Waals surface area (Å²) in [6.45, 7) is 0. The van der Waals surface area contributed by atoms with Gasteiger partial charge in [0.15, 0.2) is 0 Å². The van der Waals surface area contributed by atoms with Gasteiger partial charge < -0.3 is 22.7 Å². The molecule has 0 spiro atoms. The van der Waals surface area contributed by atoms with Gasteiger partial charge in [-0.1, -0.05) is 200 Å². The third-order valence-corrected chi connectivity index (χ3v) is 27.1. The molecule has 0 amide bonds. The average molecular weight is 1660 g/mol. The number of furan rings is 1. The number of hydrogen-bond acceptors (Lipinski definition) is 6. The second-order valence-corrected chi connectivity index (χ2v) is 34.1. The van der Waals surface area contributed by atoms with Crippen molar-refractivity contribution < 1.29 is 17.6 Å². The molecule has 0 atom stereocenters. The molecule has 0 fully saturated rings. The minimum atomic E-state index is -4.40. The Morgan fingerprint density at radius 2 is 0.802 bits per heavy atom. The van der Waals surface area contributed by atoms with E-state index in [4.69, 9.17) is 14.4 Å². The predicted octanol–water partition coefficient (Wildman–Crippen LogP) is 31.5. The van der Waals surface area contributed by atoms with Gasteiger partial charge in [0.2, 0.25) is 0 Å². The Kier molecular flexibility index (Phi) is 17.7. The molecule has 0 radical (unpaired) electrons. The summed E-state index contributed by atoms with van der Waals surface area (Å²) in [6, 6.07) is 132. The quantitative estimate of drug-likeness (QED) is 0.137. The van der Waals surface area contributed by atoms with Gasteiger partial charge in [0, 0.05) is 160 Å². The van der Waals surface area contributed by atoms with Crippen LogP contribution in [0.5, 0.6) is 0 Å². The summed E-state index contributed by atoms with van der Waals surface area (Å²) >= 11 is 3.44. The van der Waals surface area contributed by atoms with E-state index in [9.17, 15) is 13.2 Å². The van der Waals surface area contributed by atoms with Gasteiger partial charge in [0.05, 0.1) is 66.8 Å². The van der Waals surface area contributed by atoms with E-state index in [1.807, 2.05) is 103 Å². The van der Waals surface area contributed by atoms with Crippen LogP contribution >= 0.6 is 22.7 Å². The summed E-state index contributed by atoms with van der Waals surface area (Å²) in [7, 11) is 0. The summed E-state index contributed by atoms with van der Waals surface area (Å²) in [4.78, 5) is 14.5. The van der Waals surface area contributed by atoms with E-state index in [-0.39, 0.29) is 0 Å². The largest absolute Gasteiger partial charge is 0.455 e. The standard InChI is InChI=1S/C44H28N2S.C36H21F3N2S.C33H21N3O/c1-2-10-28(11-3-1)29-14-8-15-32(24-29)38-17-9-18-39(45-38)33-20-22-40-37(27-33)43-41(46(40)34-25-30-12-4-5-13-31(30)26-34)23-21-36-35-16-6-7-19-42(35)47-44(36)43;37-36(38,39)25-12-16-33-28(21-25)27-13-15-32-34(35(27)42-33)29-19-24(11-14-31(29)41(32)26-9-5-2-6-10-26)30-20-23(17-18-40-30)22-7-3-1-4-8-22;1-2-8-23(9-3-1)36-29-15-11-22(28-10-4-5-17-34-28)20-27(29)32-30(36)16-14-26-25-13-12-24(35-18-6-7-19-35)21-31(25)37-33(26)32/h1-25,27H,26H2;1-21H;1-21H. The maximum Gasteiger partial charge on any atom is 0.416 e. The number of halogens is 3. The Labute approximate surface area is 728 Å². The molecule has 0 N–H and O–H groups in total. The van der Waals surface area contributed by atoms with Crippen LogP contribution < -0.4 is 0 Å². The van der Waals surface area contributed by atoms with Gasteiger partial charge in [-0.3, -0.25) is 9.97 Å². The number of fused-ring (bicyclic) bond motifs is 22. The zero-order valence-corrected chi connectivity index (χ0v) is 69.1. The second-order valence-electron chi connectivity index (χ2n) is 32.0. The van der Waals surface area contributed by atoms with Crippen molar-refractivity contribution in [3.8, 4) is 84.3 Å². The highest BCUT2D eigenvalue weighted by Crippen LogP contribution is 2.50. The molecule has 1 aliphatic carbocycles. The SMILES string of the molecule is C1=C(n2c3ccc(-c4cccc(-c5cccc(-c6ccccc6)c5)n4)cc3c3c4sc5ccccc5c4ccc32)Cc2ccccc21.FC(F)(F)c1ccc2sc3c(ccc4c3c3cc(-c5cc(-c6ccccc6)ccn5)ccc3n4-c3ccccc3)c2c1.c1ccc(-n2c3ccc(-c4ccccn4)cc3c3c4oc5cc(-n6cccc6)ccc5c4ccc32)cc1. The molecule has 15 aromatic carbocycles. The van der Waals surface area contributed by atoms with Crippen molar-refractivity contribution in [2.45, 2.75) is 12.6 Å². The van der Waals surface area contributed by atoms with Crippen LogP contribution in [-0.2, 0) is 12.6 Å². The van der Waals surface area contributed by atoms with Crippen molar-refractivity contribution in [3.05, 3.63) is 424 Å². The molecule has 0 saturated carbocycles. The fourth-order valence-electron chi connectivity index (χ4n) is 18.9. The zero-order valence-electron chi connectivity index (χ0n) is 67.5. The highest BCUT2D eigenvalue weighted by molar-refractivity contribution is 7.27. The number of rotatable bonds is 10. The lowest BCUT2D eigenvalue weighted by molar-refractivity contribution is -0.137. The monoisotopic (exact) mass is 1660 g/mol. The zero-order chi connectivity index (χ0) is 83.7. The Bertz CT molecular complexity index is 8660. The van der Waals surface area contributed by atoms with Crippen LogP contribution in [0.15, 0.2) is 411 Å². The first-order valence-electron chi connectivity index (χ1n) is 42.0. The number of nitrogens with zero attached hydrogens (tertiary/aromatic N) is 7. The van der Waals surface area contributed by atoms with Crippen LogP contribution in [-0.4, -0.2) is 33.2 Å². The number of benzene rings is 15. The van der Waals surface area contributed by atoms with Crippen LogP contribution in [0.4, 0.5) is 13.2 Å². The second kappa shape index (κ2) is 30.1. The summed E-state index contributed by atoms with van der Waals surface area (Å²) in [6.07, 6.45) is 6.66. The van der Waals surface area contributed by atoms with Crippen molar-refractivity contribution in [1.82, 2.24) is 33.2 Å². The lowest BCUT2D eigenvalue weighted by atomic mass is 10.0. The van der Waals surface area contributed by atoms with E-state index >= 15 is 0 Å². The normalized spacial score (nSPS) is 12.3. The number of alkyl halides is 3. The fraction of sp³-hybridized carbons (Fsp3) is 0.0177. The van der Waals surface area contributed by atoms with Gasteiger partial charge in [0.25, 0.3) is 0 Å². The van der Waals surface area contributed by atoms with Crippen LogP contribution in [0, 0.1) is 0 Å². The number of pyridine rings is 3. The van der Waals surface area contributed by atoms with Crippen molar-refractivity contribution in [2.75, 3.05) is 0 Å². The van der Waals surface area contributed by atoms with Crippen LogP contribution in [0.2, 0.25) is 0 Å². The maximum atomic E-state index is 13.6. The summed E-state index contributed by atoms with van der Waals surface area (Å²) in [5, 5.41) is 13.3. The molecule has 0 saturated heterocycles. The van der Waals surface area contributed by atoms with Crippen LogP contribution in [0.25, 0.3) is 224 Å². The fourth-order valence-corrected chi connectivity index (χ4v) is 21.4. The predicted molar refractivity (Wildman–Crippen MR) is 519 cm³/mol. The van der Waals surface area contributed by atoms with E-state index in [1.54, 1.807) is 6.07 Å². The highest BCUT2D eigenvalue weighted by atomic mass is 32.1. The average Bonchev–Trinajstić information content (AvgIpc) is 1.54. The lowest BCUT2D eigenvalue weighted by Crippen LogP contribution is -2.03. The first-order valence-corrected chi connectivity index (χ1v) is 43.6. The number of para-hydroxylation sites is 2. The third kappa shape index (κ3) is 12.7. The van der Waals surface area contributed by atoms with Crippen molar-refractivity contribution >= 4 is 162 Å². The summed E-state index contributed by atoms with van der Waals surface area (Å²) < 4.78 is 61.1. The van der Waals surface area contributed by atoms with Crippen LogP contribution in [0.1, 0.15) is 16.7 Å². The third-order valence-electron chi connectivity index (χ3n) is 24.7. The van der Waals surface area contributed by atoms with Gasteiger partial charge in [0.1, 0.15) is 11.2 Å². The summed E-state index contributed by atoms with van der Waals surface area (Å²) in [5.41, 5.74) is 27.9. The van der Waals surface area contributed by atoms with Gasteiger partial charge in [-0.15, -0.1) is 22.7 Å². The Balaban J connectivity index is 0.000000106. The molecule has 0 bridgehead atoms. The van der Waals surface area contributed by atoms with Gasteiger partial charge in [-0.05, 0) is 215 Å². The topological polar surface area (TPSA) is 71.5 Å². The maximum absolute atomic E-state index is 13.6. The molecule has 126 heavy (non-hydrogen) atoms. The van der Waals surface area contributed by atoms with Crippen molar-refractivity contribution in [2.24, 2.45) is 0 Å². The smallest absolute Gasteiger partial charge is 0.416 e. The number of thiophene rings is 2. The molecule has 25 aromatic rings. The molecule has 26 rings (SSSR count).